The molecule has 0 bridgehead atoms. The standard InChI is InChI=1S/C10H8/c1-2-3-7-10-8-5-4-6-9-10/h1-6,8-9H. The summed E-state index contributed by atoms with van der Waals surface area (Å²) in [5.41, 5.74) is 1.05. The number of allylic oxidation sites excluding steroid dienone is 2. The zero-order chi connectivity index (χ0) is 7.23. The molecule has 1 rings (SSSR count). The van der Waals surface area contributed by atoms with Crippen LogP contribution in [0.2, 0.25) is 0 Å². The Labute approximate surface area is 61.5 Å². The minimum absolute atomic E-state index is 1.05. The Hall–Kier alpha value is -1.30. The maximum Gasteiger partial charge on any atom is -0.0105 e. The highest BCUT2D eigenvalue weighted by molar-refractivity contribution is 5.22. The Morgan fingerprint density at radius 3 is 2.50 bits per heavy atom. The van der Waals surface area contributed by atoms with Gasteiger partial charge in [-0.15, -0.1) is 0 Å². The van der Waals surface area contributed by atoms with Gasteiger partial charge in [-0.25, -0.2) is 0 Å². The van der Waals surface area contributed by atoms with E-state index in [1.165, 1.54) is 6.08 Å². The van der Waals surface area contributed by atoms with E-state index in [0.717, 1.165) is 5.56 Å². The number of benzene rings is 1. The van der Waals surface area contributed by atoms with Crippen LogP contribution in [-0.4, -0.2) is 0 Å². The van der Waals surface area contributed by atoms with Crippen molar-refractivity contribution in [2.75, 3.05) is 0 Å². The Morgan fingerprint density at radius 1 is 1.20 bits per heavy atom. The fourth-order valence-electron chi connectivity index (χ4n) is 0.679. The van der Waals surface area contributed by atoms with Crippen LogP contribution in [0.3, 0.4) is 0 Å². The minimum atomic E-state index is 1.05. The van der Waals surface area contributed by atoms with Crippen LogP contribution < -0.4 is 0 Å². The van der Waals surface area contributed by atoms with Crippen LogP contribution in [0.1, 0.15) is 5.56 Å². The van der Waals surface area contributed by atoms with Gasteiger partial charge in [0.1, 0.15) is 0 Å². The van der Waals surface area contributed by atoms with Gasteiger partial charge in [-0.05, 0) is 11.6 Å². The van der Waals surface area contributed by atoms with Gasteiger partial charge in [0, 0.05) is 0 Å². The molecule has 48 valence electrons. The van der Waals surface area contributed by atoms with Gasteiger partial charge in [0.25, 0.3) is 0 Å². The summed E-state index contributed by atoms with van der Waals surface area (Å²) in [7, 11) is 0. The van der Waals surface area contributed by atoms with Crippen LogP contribution >= 0.6 is 0 Å². The molecule has 0 heterocycles. The van der Waals surface area contributed by atoms with E-state index in [1.807, 2.05) is 30.3 Å². The molecule has 0 amide bonds. The topological polar surface area (TPSA) is 0 Å². The second-order valence-corrected chi connectivity index (χ2v) is 1.87. The zero-order valence-electron chi connectivity index (χ0n) is 5.62. The summed E-state index contributed by atoms with van der Waals surface area (Å²) in [5, 5.41) is 0. The van der Waals surface area contributed by atoms with Gasteiger partial charge in [0.15, 0.2) is 0 Å². The molecule has 1 aromatic rings. The lowest BCUT2D eigenvalue weighted by Gasteiger charge is -1.86. The molecule has 0 saturated heterocycles. The molecular weight excluding hydrogens is 120 g/mol. The smallest absolute Gasteiger partial charge is 0.0105 e. The molecule has 0 aliphatic rings. The lowest BCUT2D eigenvalue weighted by molar-refractivity contribution is 1.57. The van der Waals surface area contributed by atoms with E-state index in [0.29, 0.717) is 0 Å². The van der Waals surface area contributed by atoms with Crippen LogP contribution in [0, 0.1) is 12.7 Å². The number of rotatable bonds is 2. The molecule has 0 aliphatic carbocycles. The van der Waals surface area contributed by atoms with Gasteiger partial charge in [-0.2, -0.15) is 0 Å². The summed E-state index contributed by atoms with van der Waals surface area (Å²) in [6.45, 7) is 5.13. The molecule has 1 aromatic carbocycles. The maximum atomic E-state index is 5.13. The summed E-state index contributed by atoms with van der Waals surface area (Å²) in [6, 6.07) is 9.84. The fraction of sp³-hybridized carbons (Fsp3) is 0. The molecule has 0 aromatic heterocycles. The molecule has 0 unspecified atom stereocenters. The first-order valence-corrected chi connectivity index (χ1v) is 3.12. The molecule has 0 saturated carbocycles. The van der Waals surface area contributed by atoms with Crippen LogP contribution in [0.15, 0.2) is 42.5 Å². The van der Waals surface area contributed by atoms with Crippen LogP contribution in [0.4, 0.5) is 0 Å². The molecular formula is C10H8. The second kappa shape index (κ2) is 3.67. The normalized spacial score (nSPS) is 10.0. The van der Waals surface area contributed by atoms with E-state index in [4.69, 9.17) is 6.58 Å². The maximum absolute atomic E-state index is 5.13. The van der Waals surface area contributed by atoms with Crippen molar-refractivity contribution in [1.29, 1.82) is 0 Å². The molecule has 0 fully saturated rings. The summed E-state index contributed by atoms with van der Waals surface area (Å²) >= 11 is 0. The van der Waals surface area contributed by atoms with Gasteiger partial charge in [0.05, 0.1) is 0 Å². The van der Waals surface area contributed by atoms with Gasteiger partial charge in [-0.3, -0.25) is 0 Å². The highest BCUT2D eigenvalue weighted by atomic mass is 13.8. The van der Waals surface area contributed by atoms with Crippen molar-refractivity contribution < 1.29 is 0 Å². The van der Waals surface area contributed by atoms with E-state index < -0.39 is 0 Å². The SMILES string of the molecule is [CH]=CC=[C]c1ccccc1. The summed E-state index contributed by atoms with van der Waals surface area (Å²) < 4.78 is 0. The van der Waals surface area contributed by atoms with Crippen molar-refractivity contribution in [3.63, 3.8) is 0 Å². The van der Waals surface area contributed by atoms with Gasteiger partial charge in [-0.1, -0.05) is 49.1 Å². The van der Waals surface area contributed by atoms with Crippen molar-refractivity contribution in [2.45, 2.75) is 0 Å². The Kier molecular flexibility index (Phi) is 2.50. The first-order valence-electron chi connectivity index (χ1n) is 3.12. The van der Waals surface area contributed by atoms with Crippen molar-refractivity contribution >= 4 is 0 Å². The average Bonchev–Trinajstić information content (AvgIpc) is 2.03. The molecule has 0 nitrogen and oxygen atoms in total. The van der Waals surface area contributed by atoms with E-state index in [1.54, 1.807) is 6.08 Å². The Bertz CT molecular complexity index is 219. The van der Waals surface area contributed by atoms with Crippen molar-refractivity contribution in [3.8, 4) is 0 Å². The van der Waals surface area contributed by atoms with Gasteiger partial charge in [0.2, 0.25) is 0 Å². The fourth-order valence-corrected chi connectivity index (χ4v) is 0.679. The molecule has 10 heavy (non-hydrogen) atoms. The van der Waals surface area contributed by atoms with Crippen molar-refractivity contribution in [1.82, 2.24) is 0 Å². The Balaban J connectivity index is 2.76. The summed E-state index contributed by atoms with van der Waals surface area (Å²) in [4.78, 5) is 0. The lowest BCUT2D eigenvalue weighted by atomic mass is 10.2. The van der Waals surface area contributed by atoms with Gasteiger partial charge >= 0.3 is 0 Å². The summed E-state index contributed by atoms with van der Waals surface area (Å²) in [5.74, 6) is 0. The molecule has 0 N–H and O–H groups in total. The number of hydrogen-bond donors (Lipinski definition) is 0. The third-order valence-electron chi connectivity index (χ3n) is 1.12. The van der Waals surface area contributed by atoms with Crippen molar-refractivity contribution in [2.24, 2.45) is 0 Å². The van der Waals surface area contributed by atoms with E-state index in [2.05, 4.69) is 6.08 Å². The van der Waals surface area contributed by atoms with E-state index >= 15 is 0 Å². The van der Waals surface area contributed by atoms with Crippen LogP contribution in [0.5, 0.6) is 0 Å². The largest absolute Gasteiger partial charge is 0.0622 e. The second-order valence-electron chi connectivity index (χ2n) is 1.87. The molecule has 0 heteroatoms. The average molecular weight is 128 g/mol. The lowest BCUT2D eigenvalue weighted by Crippen LogP contribution is -1.68. The summed E-state index contributed by atoms with van der Waals surface area (Å²) in [6.07, 6.45) is 6.14. The molecule has 0 aliphatic heterocycles. The zero-order valence-corrected chi connectivity index (χ0v) is 5.62. The third-order valence-corrected chi connectivity index (χ3v) is 1.12. The Morgan fingerprint density at radius 2 is 1.90 bits per heavy atom. The molecule has 2 radical (unpaired) electrons. The predicted molar refractivity (Wildman–Crippen MR) is 42.2 cm³/mol. The van der Waals surface area contributed by atoms with E-state index in [9.17, 15) is 0 Å². The molecule has 0 atom stereocenters. The highest BCUT2D eigenvalue weighted by Gasteiger charge is 1.79. The van der Waals surface area contributed by atoms with Gasteiger partial charge < -0.3 is 0 Å². The number of hydrogen-bond acceptors (Lipinski definition) is 0. The minimum Gasteiger partial charge on any atom is -0.0622 e. The van der Waals surface area contributed by atoms with Crippen LogP contribution in [-0.2, 0) is 0 Å². The third kappa shape index (κ3) is 1.90. The van der Waals surface area contributed by atoms with Crippen LogP contribution in [0.25, 0.3) is 0 Å². The monoisotopic (exact) mass is 128 g/mol. The highest BCUT2D eigenvalue weighted by Crippen LogP contribution is 1.97. The molecule has 0 spiro atoms. The quantitative estimate of drug-likeness (QED) is 0.536. The first-order chi connectivity index (χ1) is 4.93. The van der Waals surface area contributed by atoms with E-state index in [-0.39, 0.29) is 0 Å². The predicted octanol–water partition coefficient (Wildman–Crippen LogP) is 2.38. The van der Waals surface area contributed by atoms with Crippen molar-refractivity contribution in [3.05, 3.63) is 60.7 Å². The first kappa shape index (κ1) is 6.81.